The van der Waals surface area contributed by atoms with Crippen molar-refractivity contribution in [1.82, 2.24) is 10.2 Å². The van der Waals surface area contributed by atoms with E-state index in [2.05, 4.69) is 10.2 Å². The first-order chi connectivity index (χ1) is 10.3. The zero-order valence-corrected chi connectivity index (χ0v) is 12.6. The highest BCUT2D eigenvalue weighted by Crippen LogP contribution is 2.21. The van der Waals surface area contributed by atoms with Crippen LogP contribution in [-0.2, 0) is 4.74 Å². The first-order valence-electron chi connectivity index (χ1n) is 7.66. The Bertz CT molecular complexity index is 430. The van der Waals surface area contributed by atoms with Gasteiger partial charge in [-0.1, -0.05) is 25.1 Å². The first kappa shape index (κ1) is 16.4. The van der Waals surface area contributed by atoms with E-state index in [1.165, 1.54) is 6.07 Å². The van der Waals surface area contributed by atoms with Gasteiger partial charge in [0, 0.05) is 24.7 Å². The number of nitrogens with one attached hydrogen (secondary N) is 1. The van der Waals surface area contributed by atoms with Gasteiger partial charge >= 0.3 is 0 Å². The fourth-order valence-electron chi connectivity index (χ4n) is 2.82. The van der Waals surface area contributed by atoms with E-state index in [0.29, 0.717) is 18.8 Å². The van der Waals surface area contributed by atoms with Crippen LogP contribution in [0.2, 0.25) is 0 Å². The molecule has 0 aromatic heterocycles. The lowest BCUT2D eigenvalue weighted by atomic mass is 10.0. The number of aliphatic hydroxyl groups excluding tert-OH is 1. The number of halogens is 1. The molecular weight excluding hydrogens is 271 g/mol. The van der Waals surface area contributed by atoms with E-state index < -0.39 is 0 Å². The lowest BCUT2D eigenvalue weighted by Crippen LogP contribution is -2.48. The van der Waals surface area contributed by atoms with Crippen molar-refractivity contribution in [2.45, 2.75) is 25.4 Å². The molecule has 1 heterocycles. The van der Waals surface area contributed by atoms with Gasteiger partial charge < -0.3 is 15.2 Å². The fraction of sp³-hybridized carbons (Fsp3) is 0.625. The van der Waals surface area contributed by atoms with Gasteiger partial charge in [0.1, 0.15) is 5.82 Å². The van der Waals surface area contributed by atoms with Crippen molar-refractivity contribution in [2.75, 3.05) is 39.5 Å². The molecule has 2 atom stereocenters. The van der Waals surface area contributed by atoms with Crippen LogP contribution < -0.4 is 5.32 Å². The second-order valence-electron chi connectivity index (χ2n) is 5.37. The number of benzene rings is 1. The minimum atomic E-state index is -0.163. The molecule has 1 saturated heterocycles. The quantitative estimate of drug-likeness (QED) is 0.801. The van der Waals surface area contributed by atoms with Crippen LogP contribution in [0, 0.1) is 5.82 Å². The van der Waals surface area contributed by atoms with E-state index in [1.54, 1.807) is 6.07 Å². The van der Waals surface area contributed by atoms with E-state index in [4.69, 9.17) is 4.74 Å². The number of aliphatic hydroxyl groups is 1. The maximum absolute atomic E-state index is 14.0. The monoisotopic (exact) mass is 296 g/mol. The lowest BCUT2D eigenvalue weighted by Gasteiger charge is -2.35. The Morgan fingerprint density at radius 2 is 2.29 bits per heavy atom. The molecule has 0 radical (unpaired) electrons. The SMILES string of the molecule is CCNC(CCN1CCOCC1CO)c1ccccc1F. The van der Waals surface area contributed by atoms with E-state index in [9.17, 15) is 9.50 Å². The van der Waals surface area contributed by atoms with Gasteiger partial charge in [-0.05, 0) is 19.0 Å². The van der Waals surface area contributed by atoms with Crippen LogP contribution in [0.15, 0.2) is 24.3 Å². The Morgan fingerprint density at radius 1 is 1.48 bits per heavy atom. The third-order valence-electron chi connectivity index (χ3n) is 4.00. The fourth-order valence-corrected chi connectivity index (χ4v) is 2.82. The first-order valence-corrected chi connectivity index (χ1v) is 7.66. The van der Waals surface area contributed by atoms with Crippen LogP contribution >= 0.6 is 0 Å². The summed E-state index contributed by atoms with van der Waals surface area (Å²) < 4.78 is 19.3. The molecule has 1 aromatic rings. The highest BCUT2D eigenvalue weighted by atomic mass is 19.1. The molecule has 2 unspecified atom stereocenters. The van der Waals surface area contributed by atoms with Crippen LogP contribution in [0.5, 0.6) is 0 Å². The number of ether oxygens (including phenoxy) is 1. The van der Waals surface area contributed by atoms with Crippen LogP contribution in [0.4, 0.5) is 4.39 Å². The van der Waals surface area contributed by atoms with E-state index in [0.717, 1.165) is 26.1 Å². The second kappa shape index (κ2) is 8.44. The molecule has 1 aliphatic heterocycles. The lowest BCUT2D eigenvalue weighted by molar-refractivity contribution is -0.0286. The molecule has 2 N–H and O–H groups in total. The van der Waals surface area contributed by atoms with Crippen LogP contribution in [-0.4, -0.2) is 55.5 Å². The van der Waals surface area contributed by atoms with Crippen molar-refractivity contribution in [3.05, 3.63) is 35.6 Å². The summed E-state index contributed by atoms with van der Waals surface area (Å²) in [4.78, 5) is 2.23. The molecule has 4 nitrogen and oxygen atoms in total. The molecule has 1 aliphatic rings. The minimum absolute atomic E-state index is 0.00149. The third-order valence-corrected chi connectivity index (χ3v) is 4.00. The molecule has 0 amide bonds. The maximum Gasteiger partial charge on any atom is 0.127 e. The van der Waals surface area contributed by atoms with Gasteiger partial charge in [0.15, 0.2) is 0 Å². The zero-order valence-electron chi connectivity index (χ0n) is 12.6. The zero-order chi connectivity index (χ0) is 15.1. The maximum atomic E-state index is 14.0. The van der Waals surface area contributed by atoms with Gasteiger partial charge in [-0.3, -0.25) is 4.90 Å². The molecule has 1 fully saturated rings. The van der Waals surface area contributed by atoms with Gasteiger partial charge in [-0.15, -0.1) is 0 Å². The predicted octanol–water partition coefficient (Wildman–Crippen LogP) is 1.56. The van der Waals surface area contributed by atoms with Gasteiger partial charge in [-0.25, -0.2) is 4.39 Å². The molecular formula is C16H25FN2O2. The summed E-state index contributed by atoms with van der Waals surface area (Å²) in [6.07, 6.45) is 0.811. The molecule has 1 aromatic carbocycles. The Morgan fingerprint density at radius 3 is 3.00 bits per heavy atom. The molecule has 0 spiro atoms. The summed E-state index contributed by atoms with van der Waals surface area (Å²) in [5, 5.41) is 12.7. The average molecular weight is 296 g/mol. The summed E-state index contributed by atoms with van der Waals surface area (Å²) >= 11 is 0. The summed E-state index contributed by atoms with van der Waals surface area (Å²) in [5.41, 5.74) is 0.716. The number of morpholine rings is 1. The van der Waals surface area contributed by atoms with Gasteiger partial charge in [0.25, 0.3) is 0 Å². The summed E-state index contributed by atoms with van der Waals surface area (Å²) in [5.74, 6) is -0.163. The van der Waals surface area contributed by atoms with Crippen LogP contribution in [0.1, 0.15) is 24.9 Å². The largest absolute Gasteiger partial charge is 0.395 e. The van der Waals surface area contributed by atoms with E-state index in [-0.39, 0.29) is 24.5 Å². The van der Waals surface area contributed by atoms with Crippen molar-refractivity contribution in [3.63, 3.8) is 0 Å². The number of rotatable bonds is 7. The molecule has 0 bridgehead atoms. The van der Waals surface area contributed by atoms with Crippen LogP contribution in [0.25, 0.3) is 0 Å². The summed E-state index contributed by atoms with van der Waals surface area (Å²) in [6, 6.07) is 6.98. The molecule has 2 rings (SSSR count). The molecule has 0 saturated carbocycles. The van der Waals surface area contributed by atoms with Crippen molar-refractivity contribution in [2.24, 2.45) is 0 Å². The van der Waals surface area contributed by atoms with Crippen LogP contribution in [0.3, 0.4) is 0 Å². The summed E-state index contributed by atoms with van der Waals surface area (Å²) in [6.45, 7) is 5.84. The highest BCUT2D eigenvalue weighted by Gasteiger charge is 2.23. The Labute approximate surface area is 125 Å². The number of nitrogens with zero attached hydrogens (tertiary/aromatic N) is 1. The molecule has 5 heteroatoms. The van der Waals surface area contributed by atoms with E-state index >= 15 is 0 Å². The number of hydrogen-bond donors (Lipinski definition) is 2. The number of hydrogen-bond acceptors (Lipinski definition) is 4. The second-order valence-corrected chi connectivity index (χ2v) is 5.37. The Balaban J connectivity index is 1.98. The van der Waals surface area contributed by atoms with Crippen molar-refractivity contribution in [1.29, 1.82) is 0 Å². The Kier molecular flexibility index (Phi) is 6.57. The van der Waals surface area contributed by atoms with E-state index in [1.807, 2.05) is 19.1 Å². The average Bonchev–Trinajstić information content (AvgIpc) is 2.52. The van der Waals surface area contributed by atoms with Crippen molar-refractivity contribution < 1.29 is 14.2 Å². The minimum Gasteiger partial charge on any atom is -0.395 e. The highest BCUT2D eigenvalue weighted by molar-refractivity contribution is 5.21. The van der Waals surface area contributed by atoms with Crippen molar-refractivity contribution in [3.8, 4) is 0 Å². The smallest absolute Gasteiger partial charge is 0.127 e. The Hall–Kier alpha value is -1.01. The van der Waals surface area contributed by atoms with Gasteiger partial charge in [0.05, 0.1) is 25.9 Å². The molecule has 118 valence electrons. The van der Waals surface area contributed by atoms with Crippen molar-refractivity contribution >= 4 is 0 Å². The van der Waals surface area contributed by atoms with Gasteiger partial charge in [-0.2, -0.15) is 0 Å². The molecule has 0 aliphatic carbocycles. The topological polar surface area (TPSA) is 44.7 Å². The molecule has 21 heavy (non-hydrogen) atoms. The summed E-state index contributed by atoms with van der Waals surface area (Å²) in [7, 11) is 0. The third kappa shape index (κ3) is 4.48. The van der Waals surface area contributed by atoms with Gasteiger partial charge in [0.2, 0.25) is 0 Å². The standard InChI is InChI=1S/C16H25FN2O2/c1-2-18-16(14-5-3-4-6-15(14)17)7-8-19-9-10-21-12-13(19)11-20/h3-6,13,16,18,20H,2,7-12H2,1H3. The predicted molar refractivity (Wildman–Crippen MR) is 80.7 cm³/mol. The normalized spacial score (nSPS) is 21.4.